The molecule has 0 aromatic heterocycles. The number of aliphatic hydroxyl groups is 5. The Balaban J connectivity index is 2.64. The number of ether oxygens (including phenoxy) is 2. The normalized spacial score (nSPS) is 23.6. The van der Waals surface area contributed by atoms with Crippen LogP contribution in [0.15, 0.2) is 24.3 Å². The van der Waals surface area contributed by atoms with Crippen LogP contribution < -0.4 is 5.32 Å². The van der Waals surface area contributed by atoms with E-state index < -0.39 is 78.5 Å². The van der Waals surface area contributed by atoms with E-state index in [0.29, 0.717) is 19.3 Å². The van der Waals surface area contributed by atoms with Gasteiger partial charge in [-0.25, -0.2) is 4.18 Å². The number of hydrogen-bond donors (Lipinski definition) is 7. The molecule has 0 saturated carbocycles. The van der Waals surface area contributed by atoms with Gasteiger partial charge in [0.25, 0.3) is 0 Å². The molecular formula is C35H65NO12S. The van der Waals surface area contributed by atoms with Crippen molar-refractivity contribution in [1.82, 2.24) is 5.32 Å². The van der Waals surface area contributed by atoms with Crippen molar-refractivity contribution in [3.63, 3.8) is 0 Å². The molecule has 0 radical (unpaired) electrons. The van der Waals surface area contributed by atoms with E-state index in [0.717, 1.165) is 70.6 Å². The highest BCUT2D eigenvalue weighted by atomic mass is 32.3. The van der Waals surface area contributed by atoms with Crippen molar-refractivity contribution in [2.45, 2.75) is 178 Å². The molecule has 1 amide bonds. The molecule has 0 aromatic rings. The molecule has 1 rings (SSSR count). The van der Waals surface area contributed by atoms with Crippen LogP contribution >= 0.6 is 0 Å². The second-order valence-electron chi connectivity index (χ2n) is 13.0. The van der Waals surface area contributed by atoms with Crippen molar-refractivity contribution < 1.29 is 57.0 Å². The molecule has 1 fully saturated rings. The van der Waals surface area contributed by atoms with Crippen molar-refractivity contribution >= 4 is 16.3 Å². The van der Waals surface area contributed by atoms with Crippen molar-refractivity contribution in [1.29, 1.82) is 0 Å². The van der Waals surface area contributed by atoms with Gasteiger partial charge in [0.15, 0.2) is 6.29 Å². The first-order valence-electron chi connectivity index (χ1n) is 18.3. The molecule has 13 nitrogen and oxygen atoms in total. The first-order valence-corrected chi connectivity index (χ1v) is 19.7. The number of carbonyl (C=O) groups is 1. The zero-order valence-corrected chi connectivity index (χ0v) is 30.4. The predicted molar refractivity (Wildman–Crippen MR) is 187 cm³/mol. The minimum Gasteiger partial charge on any atom is -0.394 e. The summed E-state index contributed by atoms with van der Waals surface area (Å²) >= 11 is 0. The minimum absolute atomic E-state index is 0.241. The van der Waals surface area contributed by atoms with Crippen LogP contribution in [0.4, 0.5) is 0 Å². The lowest BCUT2D eigenvalue weighted by molar-refractivity contribution is -0.298. The lowest BCUT2D eigenvalue weighted by atomic mass is 9.99. The second-order valence-corrected chi connectivity index (χ2v) is 14.0. The molecule has 1 saturated heterocycles. The molecular weight excluding hydrogens is 658 g/mol. The number of nitrogens with one attached hydrogen (secondary N) is 1. The van der Waals surface area contributed by atoms with Crippen LogP contribution in [0.2, 0.25) is 0 Å². The summed E-state index contributed by atoms with van der Waals surface area (Å²) < 4.78 is 47.1. The number of amides is 1. The number of aliphatic hydroxyl groups excluding tert-OH is 5. The molecule has 0 aliphatic carbocycles. The van der Waals surface area contributed by atoms with E-state index in [1.54, 1.807) is 0 Å². The van der Waals surface area contributed by atoms with Gasteiger partial charge in [0.2, 0.25) is 5.91 Å². The van der Waals surface area contributed by atoms with Gasteiger partial charge >= 0.3 is 10.4 Å². The molecule has 1 heterocycles. The largest absolute Gasteiger partial charge is 0.397 e. The Morgan fingerprint density at radius 1 is 0.816 bits per heavy atom. The van der Waals surface area contributed by atoms with Crippen molar-refractivity contribution in [2.75, 3.05) is 13.2 Å². The van der Waals surface area contributed by atoms with Crippen LogP contribution in [0, 0.1) is 0 Å². The molecule has 8 atom stereocenters. The van der Waals surface area contributed by atoms with Gasteiger partial charge in [-0.05, 0) is 38.5 Å². The summed E-state index contributed by atoms with van der Waals surface area (Å²) in [5.74, 6) is -0.690. The molecule has 0 aromatic carbocycles. The summed E-state index contributed by atoms with van der Waals surface area (Å²) in [5, 5.41) is 54.6. The zero-order valence-electron chi connectivity index (χ0n) is 29.6. The molecule has 14 heteroatoms. The third-order valence-electron chi connectivity index (χ3n) is 8.65. The van der Waals surface area contributed by atoms with Crippen LogP contribution in [0.5, 0.6) is 0 Å². The fourth-order valence-electron chi connectivity index (χ4n) is 5.63. The molecule has 1 aliphatic rings. The van der Waals surface area contributed by atoms with Crippen molar-refractivity contribution in [2.24, 2.45) is 0 Å². The van der Waals surface area contributed by atoms with Crippen molar-refractivity contribution in [3.05, 3.63) is 24.3 Å². The maximum atomic E-state index is 12.9. The lowest BCUT2D eigenvalue weighted by Gasteiger charge is -2.41. The molecule has 0 spiro atoms. The fourth-order valence-corrected chi connectivity index (χ4v) is 6.14. The molecule has 1 aliphatic heterocycles. The van der Waals surface area contributed by atoms with Gasteiger partial charge in [0, 0.05) is 0 Å². The Hall–Kier alpha value is -1.46. The van der Waals surface area contributed by atoms with E-state index in [1.807, 2.05) is 0 Å². The quantitative estimate of drug-likeness (QED) is 0.0332. The third-order valence-corrected chi connectivity index (χ3v) is 9.11. The predicted octanol–water partition coefficient (Wildman–Crippen LogP) is 4.01. The molecule has 8 unspecified atom stereocenters. The van der Waals surface area contributed by atoms with E-state index in [-0.39, 0.29) is 6.42 Å². The first kappa shape index (κ1) is 45.6. The van der Waals surface area contributed by atoms with Crippen LogP contribution in [-0.4, -0.2) is 107 Å². The highest BCUT2D eigenvalue weighted by Gasteiger charge is 2.48. The van der Waals surface area contributed by atoms with Crippen LogP contribution in [0.1, 0.15) is 129 Å². The number of hydrogen-bond acceptors (Lipinski definition) is 11. The molecule has 288 valence electrons. The molecule has 7 N–H and O–H groups in total. The summed E-state index contributed by atoms with van der Waals surface area (Å²) in [6.45, 7) is 3.10. The number of allylic oxidation sites excluding steroid dienone is 4. The summed E-state index contributed by atoms with van der Waals surface area (Å²) in [6.07, 6.45) is 14.3. The Morgan fingerprint density at radius 3 is 1.94 bits per heavy atom. The maximum absolute atomic E-state index is 12.9. The Kier molecular flexibility index (Phi) is 25.3. The number of carbonyl (C=O) groups excluding carboxylic acids is 1. The average molecular weight is 724 g/mol. The van der Waals surface area contributed by atoms with Gasteiger partial charge in [0.05, 0.1) is 25.4 Å². The van der Waals surface area contributed by atoms with E-state index in [9.17, 15) is 38.7 Å². The van der Waals surface area contributed by atoms with Gasteiger partial charge < -0.3 is 40.3 Å². The fraction of sp³-hybridized carbons (Fsp3) is 0.857. The van der Waals surface area contributed by atoms with Gasteiger partial charge in [-0.3, -0.25) is 9.35 Å². The van der Waals surface area contributed by atoms with E-state index in [1.165, 1.54) is 19.3 Å². The standard InChI is InChI=1S/C35H65NO12S/c1-3-5-7-9-11-12-13-14-15-16-17-18-20-22-24-29(39)34(42)36-27(28(38)23-21-19-10-8-6-4-2)26-46-35-32(41)33(48-49(43,44)45)31(40)30(25-37)47-35/h11-14,27-33,35,37-41H,3-10,15-26H2,1-2H3,(H,36,42)(H,43,44,45)/b12-11-,14-13-. The van der Waals surface area contributed by atoms with E-state index in [2.05, 4.69) is 47.7 Å². The van der Waals surface area contributed by atoms with Gasteiger partial charge in [-0.2, -0.15) is 8.42 Å². The van der Waals surface area contributed by atoms with Crippen LogP contribution in [0.3, 0.4) is 0 Å². The Labute approximate surface area is 294 Å². The minimum atomic E-state index is -5.10. The van der Waals surface area contributed by atoms with E-state index >= 15 is 0 Å². The molecule has 49 heavy (non-hydrogen) atoms. The Morgan fingerprint density at radius 2 is 1.35 bits per heavy atom. The monoisotopic (exact) mass is 723 g/mol. The lowest BCUT2D eigenvalue weighted by Crippen LogP contribution is -2.61. The highest BCUT2D eigenvalue weighted by molar-refractivity contribution is 7.80. The summed E-state index contributed by atoms with van der Waals surface area (Å²) in [6, 6.07) is -1.03. The highest BCUT2D eigenvalue weighted by Crippen LogP contribution is 2.26. The second kappa shape index (κ2) is 27.2. The smallest absolute Gasteiger partial charge is 0.394 e. The zero-order chi connectivity index (χ0) is 36.5. The van der Waals surface area contributed by atoms with Crippen molar-refractivity contribution in [3.8, 4) is 0 Å². The van der Waals surface area contributed by atoms with E-state index in [4.69, 9.17) is 14.0 Å². The maximum Gasteiger partial charge on any atom is 0.397 e. The Bertz CT molecular complexity index is 1010. The topological polar surface area (TPSA) is 212 Å². The molecule has 0 bridgehead atoms. The first-order chi connectivity index (χ1) is 23.4. The van der Waals surface area contributed by atoms with Gasteiger partial charge in [-0.15, -0.1) is 0 Å². The van der Waals surface area contributed by atoms with Crippen LogP contribution in [0.25, 0.3) is 0 Å². The van der Waals surface area contributed by atoms with Gasteiger partial charge in [0.1, 0.15) is 30.5 Å². The number of unbranched alkanes of at least 4 members (excludes halogenated alkanes) is 13. The summed E-state index contributed by atoms with van der Waals surface area (Å²) in [5.41, 5.74) is 0. The number of rotatable bonds is 29. The summed E-state index contributed by atoms with van der Waals surface area (Å²) in [7, 11) is -5.10. The average Bonchev–Trinajstić information content (AvgIpc) is 3.06. The SMILES string of the molecule is CCCCC/C=C\C=C/CCCCCCCC(O)C(=O)NC(COC1OC(CO)C(O)C(OS(=O)(=O)O)C1O)C(O)CCCCCCCC. The summed E-state index contributed by atoms with van der Waals surface area (Å²) in [4.78, 5) is 12.9. The van der Waals surface area contributed by atoms with Gasteiger partial charge in [-0.1, -0.05) is 115 Å². The van der Waals surface area contributed by atoms with Crippen LogP contribution in [-0.2, 0) is 28.9 Å². The third kappa shape index (κ3) is 20.9.